The Morgan fingerprint density at radius 2 is 2.56 bits per heavy atom. The first-order chi connectivity index (χ1) is 4.34. The maximum absolute atomic E-state index is 10.7. The third-order valence-electron chi connectivity index (χ3n) is 1.15. The fourth-order valence-electron chi connectivity index (χ4n) is 0.647. The van der Waals surface area contributed by atoms with Gasteiger partial charge < -0.3 is 0 Å². The molecule has 1 radical (unpaired) electrons. The van der Waals surface area contributed by atoms with Crippen LogP contribution in [0.5, 0.6) is 0 Å². The van der Waals surface area contributed by atoms with Crippen molar-refractivity contribution in [3.05, 3.63) is 23.9 Å². The molecule has 3 heteroatoms. The van der Waals surface area contributed by atoms with Crippen LogP contribution in [0, 0.1) is 0 Å². The fourth-order valence-corrected chi connectivity index (χ4v) is 0.870. The van der Waals surface area contributed by atoms with Gasteiger partial charge in [-0.3, -0.25) is 0 Å². The van der Waals surface area contributed by atoms with Crippen molar-refractivity contribution in [2.24, 2.45) is 0 Å². The minimum atomic E-state index is 0.299. The van der Waals surface area contributed by atoms with Gasteiger partial charge in [0.15, 0.2) is 0 Å². The number of hydrogen-bond acceptors (Lipinski definition) is 1. The minimum absolute atomic E-state index is 0.299. The van der Waals surface area contributed by atoms with Crippen molar-refractivity contribution in [2.45, 2.75) is 0 Å². The predicted molar refractivity (Wildman–Crippen MR) is 35.3 cm³/mol. The third kappa shape index (κ3) is 1.47. The second-order valence-corrected chi connectivity index (χ2v) is 2.05. The maximum Gasteiger partial charge on any atom is 0.0667 e. The van der Waals surface area contributed by atoms with Gasteiger partial charge in [-0.25, -0.2) is 5.06 Å². The van der Waals surface area contributed by atoms with E-state index >= 15 is 0 Å². The zero-order valence-electron chi connectivity index (χ0n) is 4.88. The number of alkyl halides is 1. The number of hydrogen-bond donors (Lipinski definition) is 0. The maximum atomic E-state index is 10.7. The first-order valence-electron chi connectivity index (χ1n) is 2.71. The van der Waals surface area contributed by atoms with E-state index in [0.29, 0.717) is 18.1 Å². The molecule has 0 saturated heterocycles. The van der Waals surface area contributed by atoms with Crippen molar-refractivity contribution in [2.75, 3.05) is 12.4 Å². The lowest BCUT2D eigenvalue weighted by atomic mass is 10.3. The van der Waals surface area contributed by atoms with Crippen LogP contribution in [0.1, 0.15) is 0 Å². The smallest absolute Gasteiger partial charge is 0.0667 e. The van der Waals surface area contributed by atoms with Crippen molar-refractivity contribution >= 4 is 11.6 Å². The zero-order valence-corrected chi connectivity index (χ0v) is 5.64. The van der Waals surface area contributed by atoms with Crippen LogP contribution in [0.3, 0.4) is 0 Å². The van der Waals surface area contributed by atoms with Crippen LogP contribution in [0.25, 0.3) is 0 Å². The van der Waals surface area contributed by atoms with Gasteiger partial charge in [-0.05, 0) is 6.08 Å². The Kier molecular flexibility index (Phi) is 2.14. The summed E-state index contributed by atoms with van der Waals surface area (Å²) in [5.74, 6) is 0.299. The number of allylic oxidation sites excluding steroid dienone is 3. The summed E-state index contributed by atoms with van der Waals surface area (Å²) in [7, 11) is 0. The molecule has 0 spiro atoms. The molecule has 0 amide bonds. The Bertz CT molecular complexity index is 153. The highest BCUT2D eigenvalue weighted by molar-refractivity contribution is 6.19. The van der Waals surface area contributed by atoms with Crippen LogP contribution in [0.4, 0.5) is 0 Å². The SMILES string of the molecule is [O]N1CC=CC=C1CCl. The van der Waals surface area contributed by atoms with E-state index < -0.39 is 0 Å². The van der Waals surface area contributed by atoms with E-state index in [9.17, 15) is 5.21 Å². The summed E-state index contributed by atoms with van der Waals surface area (Å²) in [4.78, 5) is 0. The largest absolute Gasteiger partial charge is 0.219 e. The van der Waals surface area contributed by atoms with Crippen molar-refractivity contribution in [3.8, 4) is 0 Å². The Morgan fingerprint density at radius 1 is 1.78 bits per heavy atom. The van der Waals surface area contributed by atoms with Crippen molar-refractivity contribution in [3.63, 3.8) is 0 Å². The summed E-state index contributed by atoms with van der Waals surface area (Å²) >= 11 is 5.43. The normalized spacial score (nSPS) is 18.0. The summed E-state index contributed by atoms with van der Waals surface area (Å²) in [6.45, 7) is 0.429. The topological polar surface area (TPSA) is 23.1 Å². The Hall–Kier alpha value is -0.470. The van der Waals surface area contributed by atoms with Gasteiger partial charge in [0.1, 0.15) is 0 Å². The summed E-state index contributed by atoms with van der Waals surface area (Å²) in [6, 6.07) is 0. The lowest BCUT2D eigenvalue weighted by Crippen LogP contribution is -2.19. The molecule has 0 fully saturated rings. The lowest BCUT2D eigenvalue weighted by molar-refractivity contribution is -0.116. The number of halogens is 1. The van der Waals surface area contributed by atoms with Crippen molar-refractivity contribution < 1.29 is 5.21 Å². The van der Waals surface area contributed by atoms with E-state index in [1.165, 1.54) is 0 Å². The van der Waals surface area contributed by atoms with Gasteiger partial charge in [-0.2, -0.15) is 0 Å². The summed E-state index contributed by atoms with van der Waals surface area (Å²) < 4.78 is 0. The van der Waals surface area contributed by atoms with Crippen molar-refractivity contribution in [1.82, 2.24) is 5.06 Å². The first kappa shape index (κ1) is 6.65. The van der Waals surface area contributed by atoms with E-state index in [-0.39, 0.29) is 0 Å². The number of nitrogens with zero attached hydrogens (tertiary/aromatic N) is 1. The molecule has 1 aliphatic heterocycles. The standard InChI is InChI=1S/C6H7ClNO/c7-5-6-3-1-2-4-8(6)9/h1-3H,4-5H2. The minimum Gasteiger partial charge on any atom is -0.219 e. The second kappa shape index (κ2) is 2.90. The first-order valence-corrected chi connectivity index (χ1v) is 3.24. The van der Waals surface area contributed by atoms with E-state index in [4.69, 9.17) is 11.6 Å². The second-order valence-electron chi connectivity index (χ2n) is 1.78. The summed E-state index contributed by atoms with van der Waals surface area (Å²) in [5, 5.41) is 11.6. The van der Waals surface area contributed by atoms with Crippen LogP contribution in [0.2, 0.25) is 0 Å². The highest BCUT2D eigenvalue weighted by Gasteiger charge is 2.06. The van der Waals surface area contributed by atoms with Gasteiger partial charge in [-0.15, -0.1) is 11.6 Å². The monoisotopic (exact) mass is 144 g/mol. The molecule has 49 valence electrons. The Balaban J connectivity index is 2.63. The average molecular weight is 145 g/mol. The molecule has 0 aromatic carbocycles. The zero-order chi connectivity index (χ0) is 6.69. The molecule has 2 nitrogen and oxygen atoms in total. The quantitative estimate of drug-likeness (QED) is 0.509. The molecule has 0 aromatic rings. The molecule has 9 heavy (non-hydrogen) atoms. The van der Waals surface area contributed by atoms with Crippen LogP contribution >= 0.6 is 11.6 Å². The van der Waals surface area contributed by atoms with Crippen molar-refractivity contribution in [1.29, 1.82) is 0 Å². The highest BCUT2D eigenvalue weighted by Crippen LogP contribution is 2.07. The number of hydroxylamine groups is 2. The summed E-state index contributed by atoms with van der Waals surface area (Å²) in [5.41, 5.74) is 0.638. The molecule has 0 N–H and O–H groups in total. The molecular weight excluding hydrogens is 138 g/mol. The summed E-state index contributed by atoms with van der Waals surface area (Å²) in [6.07, 6.45) is 5.36. The van der Waals surface area contributed by atoms with Crippen LogP contribution in [-0.2, 0) is 5.21 Å². The Labute approximate surface area is 59.0 Å². The van der Waals surface area contributed by atoms with Crippen LogP contribution < -0.4 is 0 Å². The molecule has 0 aromatic heterocycles. The molecule has 0 aliphatic carbocycles. The third-order valence-corrected chi connectivity index (χ3v) is 1.43. The van der Waals surface area contributed by atoms with Gasteiger partial charge in [0.2, 0.25) is 0 Å². The number of rotatable bonds is 1. The predicted octanol–water partition coefficient (Wildman–Crippen LogP) is 1.33. The molecule has 0 saturated carbocycles. The van der Waals surface area contributed by atoms with Gasteiger partial charge in [-0.1, -0.05) is 17.4 Å². The molecule has 0 bridgehead atoms. The lowest BCUT2D eigenvalue weighted by Gasteiger charge is -2.15. The van der Waals surface area contributed by atoms with Gasteiger partial charge >= 0.3 is 0 Å². The Morgan fingerprint density at radius 3 is 3.00 bits per heavy atom. The fraction of sp³-hybridized carbons (Fsp3) is 0.333. The van der Waals surface area contributed by atoms with E-state index in [0.717, 1.165) is 5.06 Å². The van der Waals surface area contributed by atoms with Crippen LogP contribution in [-0.4, -0.2) is 17.5 Å². The molecule has 1 aliphatic rings. The van der Waals surface area contributed by atoms with E-state index in [1.54, 1.807) is 12.2 Å². The van der Waals surface area contributed by atoms with Gasteiger partial charge in [0.05, 0.1) is 18.1 Å². The van der Waals surface area contributed by atoms with E-state index in [2.05, 4.69) is 0 Å². The molecular formula is C6H7ClNO. The van der Waals surface area contributed by atoms with E-state index in [1.807, 2.05) is 6.08 Å². The average Bonchev–Trinajstić information content (AvgIpc) is 1.89. The van der Waals surface area contributed by atoms with Crippen LogP contribution in [0.15, 0.2) is 23.9 Å². The highest BCUT2D eigenvalue weighted by atomic mass is 35.5. The van der Waals surface area contributed by atoms with Gasteiger partial charge in [0, 0.05) is 0 Å². The molecule has 0 unspecified atom stereocenters. The molecule has 1 heterocycles. The molecule has 0 atom stereocenters. The van der Waals surface area contributed by atoms with Gasteiger partial charge in [0.25, 0.3) is 0 Å². The molecule has 1 rings (SSSR count).